The molecule has 0 saturated carbocycles. The first-order valence-corrected chi connectivity index (χ1v) is 10.8. The number of rotatable bonds is 5. The molecule has 160 valence electrons. The first-order chi connectivity index (χ1) is 15.0. The Morgan fingerprint density at radius 2 is 1.87 bits per heavy atom. The molecule has 6 nitrogen and oxygen atoms in total. The van der Waals surface area contributed by atoms with Crippen LogP contribution in [-0.2, 0) is 4.79 Å². The van der Waals surface area contributed by atoms with Gasteiger partial charge in [0.25, 0.3) is 5.91 Å². The molecule has 4 rings (SSSR count). The number of aromatic nitrogens is 2. The predicted molar refractivity (Wildman–Crippen MR) is 120 cm³/mol. The Bertz CT molecular complexity index is 1030. The summed E-state index contributed by atoms with van der Waals surface area (Å²) in [6.07, 6.45) is 6.97. The third-order valence-electron chi connectivity index (χ3n) is 5.72. The van der Waals surface area contributed by atoms with Crippen LogP contribution in [0.2, 0.25) is 5.02 Å². The van der Waals surface area contributed by atoms with E-state index in [4.69, 9.17) is 11.6 Å². The molecule has 2 atom stereocenters. The van der Waals surface area contributed by atoms with Crippen molar-refractivity contribution in [3.63, 3.8) is 0 Å². The topological polar surface area (TPSA) is 67.2 Å². The highest BCUT2D eigenvalue weighted by atomic mass is 35.5. The van der Waals surface area contributed by atoms with E-state index in [1.165, 1.54) is 0 Å². The molecule has 2 unspecified atom stereocenters. The molecule has 1 saturated heterocycles. The van der Waals surface area contributed by atoms with Gasteiger partial charge in [-0.3, -0.25) is 9.59 Å². The van der Waals surface area contributed by atoms with E-state index in [0.717, 1.165) is 24.1 Å². The summed E-state index contributed by atoms with van der Waals surface area (Å²) in [5.74, 6) is -0.283. The average molecular weight is 437 g/mol. The van der Waals surface area contributed by atoms with Gasteiger partial charge in [0.1, 0.15) is 0 Å². The van der Waals surface area contributed by atoms with Crippen molar-refractivity contribution >= 4 is 23.4 Å². The zero-order valence-corrected chi connectivity index (χ0v) is 18.1. The van der Waals surface area contributed by atoms with Crippen molar-refractivity contribution in [1.29, 1.82) is 0 Å². The number of halogens is 1. The van der Waals surface area contributed by atoms with E-state index >= 15 is 0 Å². The van der Waals surface area contributed by atoms with Gasteiger partial charge in [-0.2, -0.15) is 0 Å². The van der Waals surface area contributed by atoms with Gasteiger partial charge in [0.15, 0.2) is 0 Å². The fourth-order valence-corrected chi connectivity index (χ4v) is 4.04. The fraction of sp³-hybridized carbons (Fsp3) is 0.292. The normalized spacial score (nSPS) is 17.2. The van der Waals surface area contributed by atoms with Gasteiger partial charge in [-0.15, -0.1) is 0 Å². The number of carbonyl (C=O) groups is 2. The molecule has 2 amide bonds. The Labute approximate surface area is 186 Å². The maximum Gasteiger partial charge on any atom is 0.253 e. The van der Waals surface area contributed by atoms with Crippen LogP contribution in [0.1, 0.15) is 41.7 Å². The zero-order valence-electron chi connectivity index (χ0n) is 17.4. The molecule has 2 heterocycles. The molecule has 31 heavy (non-hydrogen) atoms. The number of benzene rings is 2. The second-order valence-corrected chi connectivity index (χ2v) is 8.33. The summed E-state index contributed by atoms with van der Waals surface area (Å²) in [4.78, 5) is 31.5. The van der Waals surface area contributed by atoms with Crippen molar-refractivity contribution in [2.75, 3.05) is 13.1 Å². The Hall–Kier alpha value is -3.12. The molecular formula is C24H25ClN4O2. The summed E-state index contributed by atoms with van der Waals surface area (Å²) in [5.41, 5.74) is 2.64. The molecule has 1 aromatic heterocycles. The molecule has 7 heteroatoms. The monoisotopic (exact) mass is 436 g/mol. The van der Waals surface area contributed by atoms with Crippen molar-refractivity contribution in [3.8, 4) is 5.69 Å². The number of nitrogens with zero attached hydrogens (tertiary/aromatic N) is 3. The van der Waals surface area contributed by atoms with Crippen LogP contribution in [0.25, 0.3) is 5.69 Å². The second kappa shape index (κ2) is 9.35. The highest BCUT2D eigenvalue weighted by Gasteiger charge is 2.29. The second-order valence-electron chi connectivity index (χ2n) is 7.89. The molecule has 1 fully saturated rings. The summed E-state index contributed by atoms with van der Waals surface area (Å²) in [5, 5.41) is 3.71. The van der Waals surface area contributed by atoms with Crippen LogP contribution in [0, 0.1) is 5.92 Å². The molecule has 1 aliphatic heterocycles. The predicted octanol–water partition coefficient (Wildman–Crippen LogP) is 4.26. The lowest BCUT2D eigenvalue weighted by molar-refractivity contribution is -0.127. The number of nitrogens with one attached hydrogen (secondary N) is 1. The van der Waals surface area contributed by atoms with Crippen molar-refractivity contribution in [1.82, 2.24) is 19.8 Å². The average Bonchev–Trinajstić information content (AvgIpc) is 3.34. The maximum atomic E-state index is 12.9. The van der Waals surface area contributed by atoms with E-state index in [9.17, 15) is 9.59 Å². The van der Waals surface area contributed by atoms with Crippen LogP contribution in [0.3, 0.4) is 0 Å². The summed E-state index contributed by atoms with van der Waals surface area (Å²) >= 11 is 5.92. The lowest BCUT2D eigenvalue weighted by atomic mass is 9.95. The number of amides is 2. The van der Waals surface area contributed by atoms with E-state index in [1.54, 1.807) is 41.7 Å². The van der Waals surface area contributed by atoms with Crippen molar-refractivity contribution in [2.45, 2.75) is 25.8 Å². The summed E-state index contributed by atoms with van der Waals surface area (Å²) < 4.78 is 1.93. The Morgan fingerprint density at radius 3 is 2.55 bits per heavy atom. The van der Waals surface area contributed by atoms with Gasteiger partial charge in [-0.05, 0) is 61.7 Å². The minimum Gasteiger partial charge on any atom is -0.349 e. The zero-order chi connectivity index (χ0) is 21.8. The molecule has 2 aromatic carbocycles. The fourth-order valence-electron chi connectivity index (χ4n) is 3.91. The van der Waals surface area contributed by atoms with Crippen LogP contribution >= 0.6 is 11.6 Å². The number of likely N-dealkylation sites (tertiary alicyclic amines) is 1. The first-order valence-electron chi connectivity index (χ1n) is 10.4. The van der Waals surface area contributed by atoms with Crippen LogP contribution in [0.5, 0.6) is 0 Å². The smallest absolute Gasteiger partial charge is 0.253 e. The number of hydrogen-bond acceptors (Lipinski definition) is 3. The molecule has 1 N–H and O–H groups in total. The third-order valence-corrected chi connectivity index (χ3v) is 5.98. The van der Waals surface area contributed by atoms with Gasteiger partial charge in [0, 0.05) is 41.8 Å². The highest BCUT2D eigenvalue weighted by Crippen LogP contribution is 2.22. The van der Waals surface area contributed by atoms with E-state index < -0.39 is 0 Å². The molecular weight excluding hydrogens is 412 g/mol. The molecule has 0 spiro atoms. The number of hydrogen-bond donors (Lipinski definition) is 1. The summed E-state index contributed by atoms with van der Waals surface area (Å²) in [7, 11) is 0. The van der Waals surface area contributed by atoms with Gasteiger partial charge in [0.2, 0.25) is 5.91 Å². The first kappa shape index (κ1) is 21.1. The number of carbonyl (C=O) groups excluding carboxylic acids is 2. The van der Waals surface area contributed by atoms with Gasteiger partial charge < -0.3 is 14.8 Å². The Balaban J connectivity index is 1.36. The Morgan fingerprint density at radius 1 is 1.13 bits per heavy atom. The largest absolute Gasteiger partial charge is 0.349 e. The third kappa shape index (κ3) is 4.97. The summed E-state index contributed by atoms with van der Waals surface area (Å²) in [6.45, 7) is 3.07. The molecule has 0 radical (unpaired) electrons. The van der Waals surface area contributed by atoms with Crippen LogP contribution in [0.4, 0.5) is 0 Å². The van der Waals surface area contributed by atoms with E-state index in [2.05, 4.69) is 10.3 Å². The van der Waals surface area contributed by atoms with E-state index in [0.29, 0.717) is 23.7 Å². The number of imidazole rings is 1. The van der Waals surface area contributed by atoms with Gasteiger partial charge in [-0.1, -0.05) is 23.7 Å². The number of piperidine rings is 1. The van der Waals surface area contributed by atoms with Crippen molar-refractivity contribution in [3.05, 3.63) is 83.4 Å². The van der Waals surface area contributed by atoms with Crippen LogP contribution in [-0.4, -0.2) is 39.4 Å². The minimum absolute atomic E-state index is 0.0141. The van der Waals surface area contributed by atoms with Gasteiger partial charge >= 0.3 is 0 Å². The van der Waals surface area contributed by atoms with E-state index in [-0.39, 0.29) is 23.8 Å². The standard InChI is InChI=1S/C24H25ClN4O2/c1-17(18-6-10-22(11-7-18)29-14-12-26-16-29)27-23(30)20-3-2-13-28(15-20)24(31)19-4-8-21(25)9-5-19/h4-12,14,16-17,20H,2-3,13,15H2,1H3,(H,27,30). The lowest BCUT2D eigenvalue weighted by Crippen LogP contribution is -2.45. The molecule has 3 aromatic rings. The Kier molecular flexibility index (Phi) is 6.37. The molecule has 0 bridgehead atoms. The van der Waals surface area contributed by atoms with E-state index in [1.807, 2.05) is 42.0 Å². The van der Waals surface area contributed by atoms with Gasteiger partial charge in [-0.25, -0.2) is 4.98 Å². The SMILES string of the molecule is CC(NC(=O)C1CCCN(C(=O)c2ccc(Cl)cc2)C1)c1ccc(-n2ccnc2)cc1. The molecule has 0 aliphatic carbocycles. The van der Waals surface area contributed by atoms with Crippen molar-refractivity contribution in [2.24, 2.45) is 5.92 Å². The molecule has 1 aliphatic rings. The summed E-state index contributed by atoms with van der Waals surface area (Å²) in [6, 6.07) is 14.8. The van der Waals surface area contributed by atoms with Crippen LogP contribution < -0.4 is 5.32 Å². The van der Waals surface area contributed by atoms with Crippen molar-refractivity contribution < 1.29 is 9.59 Å². The quantitative estimate of drug-likeness (QED) is 0.650. The minimum atomic E-state index is -0.210. The maximum absolute atomic E-state index is 12.9. The van der Waals surface area contributed by atoms with Gasteiger partial charge in [0.05, 0.1) is 18.3 Å². The lowest BCUT2D eigenvalue weighted by Gasteiger charge is -2.32. The highest BCUT2D eigenvalue weighted by molar-refractivity contribution is 6.30. The van der Waals surface area contributed by atoms with Crippen LogP contribution in [0.15, 0.2) is 67.3 Å².